The highest BCUT2D eigenvalue weighted by Crippen LogP contribution is 1.96. The molecule has 2 N–H and O–H groups in total. The summed E-state index contributed by atoms with van der Waals surface area (Å²) in [5.41, 5.74) is 5.62. The van der Waals surface area contributed by atoms with Crippen LogP contribution in [0.5, 0.6) is 0 Å². The second-order valence-electron chi connectivity index (χ2n) is 3.93. The highest BCUT2D eigenvalue weighted by atomic mass is 16.2. The summed E-state index contributed by atoms with van der Waals surface area (Å²) in [4.78, 5) is 15.3. The van der Waals surface area contributed by atoms with Crippen molar-refractivity contribution in [3.8, 4) is 12.3 Å². The van der Waals surface area contributed by atoms with Crippen molar-refractivity contribution in [2.24, 2.45) is 5.73 Å². The fourth-order valence-electron chi connectivity index (χ4n) is 1.23. The van der Waals surface area contributed by atoms with Crippen molar-refractivity contribution in [2.75, 3.05) is 34.2 Å². The minimum absolute atomic E-state index is 0.0771. The molecule has 0 heterocycles. The Balaban J connectivity index is 3.84. The standard InChI is InChI=1S/C11H21N3O/c1-5-7-10(12)11(15)14(4)9-6-8-13(2)3/h1,10H,6-9,12H2,2-4H3. The molecule has 4 nitrogen and oxygen atoms in total. The van der Waals surface area contributed by atoms with E-state index in [1.807, 2.05) is 14.1 Å². The Morgan fingerprint density at radius 3 is 2.47 bits per heavy atom. The predicted octanol–water partition coefficient (Wildman–Crippen LogP) is -0.253. The van der Waals surface area contributed by atoms with E-state index < -0.39 is 6.04 Å². The summed E-state index contributed by atoms with van der Waals surface area (Å²) in [6.07, 6.45) is 6.34. The minimum atomic E-state index is -0.556. The highest BCUT2D eigenvalue weighted by Gasteiger charge is 2.16. The molecule has 0 aliphatic rings. The van der Waals surface area contributed by atoms with E-state index >= 15 is 0 Å². The number of hydrogen-bond acceptors (Lipinski definition) is 3. The molecule has 15 heavy (non-hydrogen) atoms. The molecule has 0 spiro atoms. The lowest BCUT2D eigenvalue weighted by molar-refractivity contribution is -0.131. The number of amides is 1. The molecule has 0 fully saturated rings. The van der Waals surface area contributed by atoms with Crippen molar-refractivity contribution in [3.05, 3.63) is 0 Å². The minimum Gasteiger partial charge on any atom is -0.344 e. The van der Waals surface area contributed by atoms with Gasteiger partial charge in [0, 0.05) is 20.0 Å². The molecule has 0 rings (SSSR count). The first-order chi connectivity index (χ1) is 6.99. The van der Waals surface area contributed by atoms with Crippen LogP contribution in [0.25, 0.3) is 0 Å². The van der Waals surface area contributed by atoms with Crippen LogP contribution in [0.15, 0.2) is 0 Å². The van der Waals surface area contributed by atoms with Gasteiger partial charge in [-0.2, -0.15) is 0 Å². The highest BCUT2D eigenvalue weighted by molar-refractivity contribution is 5.81. The van der Waals surface area contributed by atoms with Crippen molar-refractivity contribution >= 4 is 5.91 Å². The maximum atomic E-state index is 11.6. The summed E-state index contributed by atoms with van der Waals surface area (Å²) in [6, 6.07) is -0.556. The van der Waals surface area contributed by atoms with Gasteiger partial charge in [-0.25, -0.2) is 0 Å². The lowest BCUT2D eigenvalue weighted by Gasteiger charge is -2.21. The molecule has 0 aromatic carbocycles. The molecule has 0 aliphatic heterocycles. The van der Waals surface area contributed by atoms with Crippen LogP contribution in [0.2, 0.25) is 0 Å². The van der Waals surface area contributed by atoms with Crippen molar-refractivity contribution in [3.63, 3.8) is 0 Å². The molecular weight excluding hydrogens is 190 g/mol. The average molecular weight is 211 g/mol. The summed E-state index contributed by atoms with van der Waals surface area (Å²) in [7, 11) is 5.77. The van der Waals surface area contributed by atoms with Crippen molar-refractivity contribution in [1.29, 1.82) is 0 Å². The fraction of sp³-hybridized carbons (Fsp3) is 0.727. The van der Waals surface area contributed by atoms with Gasteiger partial charge in [0.15, 0.2) is 0 Å². The average Bonchev–Trinajstić information content (AvgIpc) is 2.16. The molecule has 0 aromatic heterocycles. The van der Waals surface area contributed by atoms with Gasteiger partial charge in [-0.1, -0.05) is 0 Å². The van der Waals surface area contributed by atoms with E-state index in [2.05, 4.69) is 10.8 Å². The van der Waals surface area contributed by atoms with Gasteiger partial charge in [-0.05, 0) is 27.1 Å². The lowest BCUT2D eigenvalue weighted by Crippen LogP contribution is -2.42. The number of carbonyl (C=O) groups excluding carboxylic acids is 1. The molecule has 1 amide bonds. The van der Waals surface area contributed by atoms with Crippen LogP contribution in [-0.4, -0.2) is 56.0 Å². The van der Waals surface area contributed by atoms with E-state index in [0.29, 0.717) is 6.42 Å². The van der Waals surface area contributed by atoms with Gasteiger partial charge in [0.25, 0.3) is 0 Å². The number of rotatable bonds is 6. The monoisotopic (exact) mass is 211 g/mol. The normalized spacial score (nSPS) is 12.3. The summed E-state index contributed by atoms with van der Waals surface area (Å²) in [5, 5.41) is 0. The van der Waals surface area contributed by atoms with Gasteiger partial charge in [0.1, 0.15) is 0 Å². The zero-order valence-corrected chi connectivity index (χ0v) is 9.86. The van der Waals surface area contributed by atoms with E-state index in [4.69, 9.17) is 12.2 Å². The third kappa shape index (κ3) is 6.10. The number of terminal acetylenes is 1. The van der Waals surface area contributed by atoms with E-state index in [1.54, 1.807) is 11.9 Å². The van der Waals surface area contributed by atoms with Crippen LogP contribution >= 0.6 is 0 Å². The fourth-order valence-corrected chi connectivity index (χ4v) is 1.23. The molecule has 0 aromatic rings. The molecule has 0 radical (unpaired) electrons. The Morgan fingerprint density at radius 1 is 1.40 bits per heavy atom. The van der Waals surface area contributed by atoms with Crippen molar-refractivity contribution < 1.29 is 4.79 Å². The largest absolute Gasteiger partial charge is 0.344 e. The van der Waals surface area contributed by atoms with Gasteiger partial charge in [-0.3, -0.25) is 4.79 Å². The third-order valence-corrected chi connectivity index (χ3v) is 2.13. The zero-order valence-electron chi connectivity index (χ0n) is 9.86. The Labute approximate surface area is 92.4 Å². The Hall–Kier alpha value is -1.05. The first-order valence-electron chi connectivity index (χ1n) is 5.07. The number of hydrogen-bond donors (Lipinski definition) is 1. The number of nitrogens with two attached hydrogens (primary N) is 1. The summed E-state index contributed by atoms with van der Waals surface area (Å²) in [6.45, 7) is 1.68. The van der Waals surface area contributed by atoms with Crippen molar-refractivity contribution in [1.82, 2.24) is 9.80 Å². The van der Waals surface area contributed by atoms with E-state index in [0.717, 1.165) is 19.5 Å². The van der Waals surface area contributed by atoms with Crippen LogP contribution in [0.1, 0.15) is 12.8 Å². The first kappa shape index (κ1) is 13.9. The Kier molecular flexibility index (Phi) is 6.76. The van der Waals surface area contributed by atoms with Crippen LogP contribution < -0.4 is 5.73 Å². The van der Waals surface area contributed by atoms with Crippen LogP contribution in [-0.2, 0) is 4.79 Å². The third-order valence-electron chi connectivity index (χ3n) is 2.13. The molecule has 0 saturated carbocycles. The van der Waals surface area contributed by atoms with Gasteiger partial charge in [0.05, 0.1) is 6.04 Å². The molecule has 1 atom stereocenters. The number of likely N-dealkylation sites (N-methyl/N-ethyl adjacent to an activating group) is 1. The second-order valence-corrected chi connectivity index (χ2v) is 3.93. The molecule has 0 aliphatic carbocycles. The summed E-state index contributed by atoms with van der Waals surface area (Å²) < 4.78 is 0. The van der Waals surface area contributed by atoms with Crippen LogP contribution in [0, 0.1) is 12.3 Å². The number of carbonyl (C=O) groups is 1. The topological polar surface area (TPSA) is 49.6 Å². The molecular formula is C11H21N3O. The zero-order chi connectivity index (χ0) is 11.8. The molecule has 1 unspecified atom stereocenters. The summed E-state index contributed by atoms with van der Waals surface area (Å²) >= 11 is 0. The molecule has 4 heteroatoms. The Morgan fingerprint density at radius 2 is 2.00 bits per heavy atom. The maximum absolute atomic E-state index is 11.6. The van der Waals surface area contributed by atoms with Crippen LogP contribution in [0.4, 0.5) is 0 Å². The molecule has 0 bridgehead atoms. The lowest BCUT2D eigenvalue weighted by atomic mass is 10.2. The van der Waals surface area contributed by atoms with E-state index in [-0.39, 0.29) is 5.91 Å². The number of nitrogens with zero attached hydrogens (tertiary/aromatic N) is 2. The first-order valence-corrected chi connectivity index (χ1v) is 5.07. The Bertz CT molecular complexity index is 232. The second kappa shape index (κ2) is 7.27. The quantitative estimate of drug-likeness (QED) is 0.616. The van der Waals surface area contributed by atoms with E-state index in [1.165, 1.54) is 0 Å². The van der Waals surface area contributed by atoms with Gasteiger partial charge in [0.2, 0.25) is 5.91 Å². The molecule has 86 valence electrons. The van der Waals surface area contributed by atoms with Gasteiger partial charge >= 0.3 is 0 Å². The van der Waals surface area contributed by atoms with Gasteiger partial charge < -0.3 is 15.5 Å². The van der Waals surface area contributed by atoms with Gasteiger partial charge in [-0.15, -0.1) is 12.3 Å². The predicted molar refractivity (Wildman–Crippen MR) is 62.2 cm³/mol. The SMILES string of the molecule is C#CCC(N)C(=O)N(C)CCCN(C)C. The van der Waals surface area contributed by atoms with E-state index in [9.17, 15) is 4.79 Å². The van der Waals surface area contributed by atoms with Crippen molar-refractivity contribution in [2.45, 2.75) is 18.9 Å². The maximum Gasteiger partial charge on any atom is 0.240 e. The van der Waals surface area contributed by atoms with Crippen LogP contribution in [0.3, 0.4) is 0 Å². The summed E-state index contributed by atoms with van der Waals surface area (Å²) in [5.74, 6) is 2.32. The smallest absolute Gasteiger partial charge is 0.240 e. The molecule has 0 saturated heterocycles.